The Morgan fingerprint density at radius 3 is 2.69 bits per heavy atom. The minimum Gasteiger partial charge on any atom is -0.362 e. The number of benzene rings is 2. The number of likely N-dealkylation sites (tertiary alicyclic amines) is 1. The second-order valence-electron chi connectivity index (χ2n) is 8.38. The zero-order valence-electron chi connectivity index (χ0n) is 17.8. The van der Waals surface area contributed by atoms with Gasteiger partial charge in [-0.2, -0.15) is 8.42 Å². The largest absolute Gasteiger partial charge is 0.362 e. The molecule has 2 fully saturated rings. The highest BCUT2D eigenvalue weighted by Gasteiger charge is 2.27. The van der Waals surface area contributed by atoms with Gasteiger partial charge in [-0.25, -0.2) is 0 Å². The molecule has 2 heterocycles. The SMILES string of the molecule is CN1CCCC1=NS(=O)(=O)c1cccc(NC(=O)c2cc(C3CC3)nc3ccccc23)c1. The van der Waals surface area contributed by atoms with Gasteiger partial charge in [-0.1, -0.05) is 24.3 Å². The summed E-state index contributed by atoms with van der Waals surface area (Å²) in [4.78, 5) is 19.8. The molecule has 0 unspecified atom stereocenters. The Bertz CT molecular complexity index is 1350. The Morgan fingerprint density at radius 1 is 1.12 bits per heavy atom. The van der Waals surface area contributed by atoms with Crippen LogP contribution in [0, 0.1) is 0 Å². The normalized spacial score (nSPS) is 17.8. The van der Waals surface area contributed by atoms with Crippen LogP contribution in [-0.4, -0.2) is 43.6 Å². The van der Waals surface area contributed by atoms with E-state index in [4.69, 9.17) is 4.98 Å². The lowest BCUT2D eigenvalue weighted by molar-refractivity contribution is 0.102. The first-order valence-electron chi connectivity index (χ1n) is 10.8. The molecule has 0 spiro atoms. The standard InChI is InChI=1S/C24H24N4O3S/c1-28-13-5-10-23(28)27-32(30,31)18-7-4-6-17(14-18)25-24(29)20-15-22(16-11-12-16)26-21-9-3-2-8-19(20)21/h2-4,6-9,14-16H,5,10-13H2,1H3,(H,25,29). The smallest absolute Gasteiger partial charge is 0.284 e. The molecule has 1 aliphatic heterocycles. The van der Waals surface area contributed by atoms with Crippen LogP contribution in [-0.2, 0) is 10.0 Å². The van der Waals surface area contributed by atoms with Gasteiger partial charge in [0.25, 0.3) is 15.9 Å². The van der Waals surface area contributed by atoms with Crippen molar-refractivity contribution >= 4 is 38.4 Å². The first-order chi connectivity index (χ1) is 15.4. The summed E-state index contributed by atoms with van der Waals surface area (Å²) in [6.45, 7) is 0.799. The van der Waals surface area contributed by atoms with Gasteiger partial charge in [0.05, 0.1) is 16.0 Å². The first kappa shape index (κ1) is 20.6. The Kier molecular flexibility index (Phi) is 5.17. The van der Waals surface area contributed by atoms with Crippen molar-refractivity contribution in [3.63, 3.8) is 0 Å². The van der Waals surface area contributed by atoms with Crippen LogP contribution in [0.25, 0.3) is 10.9 Å². The molecule has 1 aliphatic carbocycles. The van der Waals surface area contributed by atoms with Crippen molar-refractivity contribution in [1.82, 2.24) is 9.88 Å². The number of hydrogen-bond acceptors (Lipinski definition) is 4. The zero-order valence-corrected chi connectivity index (χ0v) is 18.6. The number of amidine groups is 1. The molecule has 2 aliphatic rings. The molecule has 1 amide bonds. The third-order valence-electron chi connectivity index (χ3n) is 5.93. The summed E-state index contributed by atoms with van der Waals surface area (Å²) in [6, 6.07) is 15.7. The molecular weight excluding hydrogens is 424 g/mol. The van der Waals surface area contributed by atoms with Crippen molar-refractivity contribution in [3.05, 3.63) is 65.9 Å². The van der Waals surface area contributed by atoms with E-state index in [1.165, 1.54) is 12.1 Å². The second-order valence-corrected chi connectivity index (χ2v) is 9.98. The molecule has 32 heavy (non-hydrogen) atoms. The summed E-state index contributed by atoms with van der Waals surface area (Å²) in [7, 11) is -2.02. The maximum Gasteiger partial charge on any atom is 0.284 e. The van der Waals surface area contributed by atoms with E-state index in [-0.39, 0.29) is 10.8 Å². The highest BCUT2D eigenvalue weighted by molar-refractivity contribution is 7.90. The number of pyridine rings is 1. The van der Waals surface area contributed by atoms with E-state index in [0.29, 0.717) is 29.4 Å². The number of rotatable bonds is 5. The van der Waals surface area contributed by atoms with Crippen LogP contribution in [0.4, 0.5) is 5.69 Å². The number of nitrogens with zero attached hydrogens (tertiary/aromatic N) is 3. The number of hydrogen-bond donors (Lipinski definition) is 1. The van der Waals surface area contributed by atoms with Crippen molar-refractivity contribution in [2.75, 3.05) is 18.9 Å². The van der Waals surface area contributed by atoms with E-state index >= 15 is 0 Å². The molecule has 1 N–H and O–H groups in total. The van der Waals surface area contributed by atoms with Crippen LogP contribution in [0.3, 0.4) is 0 Å². The quantitative estimate of drug-likeness (QED) is 0.632. The van der Waals surface area contributed by atoms with Gasteiger partial charge in [0, 0.05) is 42.7 Å². The number of anilines is 1. The van der Waals surface area contributed by atoms with E-state index in [2.05, 4.69) is 9.71 Å². The fraction of sp³-hybridized carbons (Fsp3) is 0.292. The zero-order chi connectivity index (χ0) is 22.3. The van der Waals surface area contributed by atoms with Crippen molar-refractivity contribution in [2.45, 2.75) is 36.5 Å². The lowest BCUT2D eigenvalue weighted by Crippen LogP contribution is -2.20. The molecule has 1 aromatic heterocycles. The van der Waals surface area contributed by atoms with Crippen LogP contribution in [0.2, 0.25) is 0 Å². The van der Waals surface area contributed by atoms with Gasteiger partial charge in [0.15, 0.2) is 0 Å². The number of carbonyl (C=O) groups is 1. The Labute approximate surface area is 187 Å². The van der Waals surface area contributed by atoms with Crippen LogP contribution in [0.1, 0.15) is 47.7 Å². The molecular formula is C24H24N4O3S. The molecule has 164 valence electrons. The molecule has 3 aromatic rings. The molecule has 0 radical (unpaired) electrons. The monoisotopic (exact) mass is 448 g/mol. The topological polar surface area (TPSA) is 91.7 Å². The fourth-order valence-electron chi connectivity index (χ4n) is 4.01. The van der Waals surface area contributed by atoms with E-state index in [1.54, 1.807) is 12.1 Å². The maximum atomic E-state index is 13.2. The molecule has 1 saturated heterocycles. The van der Waals surface area contributed by atoms with E-state index in [9.17, 15) is 13.2 Å². The molecule has 8 heteroatoms. The molecule has 0 atom stereocenters. The Morgan fingerprint density at radius 2 is 1.94 bits per heavy atom. The molecule has 5 rings (SSSR count). The number of fused-ring (bicyclic) bond motifs is 1. The lowest BCUT2D eigenvalue weighted by Gasteiger charge is -2.12. The van der Waals surface area contributed by atoms with Crippen LogP contribution in [0.15, 0.2) is 63.9 Å². The van der Waals surface area contributed by atoms with E-state index in [1.807, 2.05) is 42.3 Å². The molecule has 0 bridgehead atoms. The average Bonchev–Trinajstić information content (AvgIpc) is 3.56. The molecule has 7 nitrogen and oxygen atoms in total. The van der Waals surface area contributed by atoms with Gasteiger partial charge in [-0.15, -0.1) is 4.40 Å². The molecule has 2 aromatic carbocycles. The predicted molar refractivity (Wildman–Crippen MR) is 125 cm³/mol. The molecule has 1 saturated carbocycles. The van der Waals surface area contributed by atoms with Gasteiger partial charge in [0.1, 0.15) is 5.84 Å². The average molecular weight is 449 g/mol. The van der Waals surface area contributed by atoms with Crippen LogP contribution >= 0.6 is 0 Å². The van der Waals surface area contributed by atoms with Gasteiger partial charge in [-0.3, -0.25) is 9.78 Å². The first-order valence-corrected chi connectivity index (χ1v) is 12.2. The highest BCUT2D eigenvalue weighted by atomic mass is 32.2. The number of sulfonamides is 1. The van der Waals surface area contributed by atoms with Crippen molar-refractivity contribution in [2.24, 2.45) is 4.40 Å². The number of carbonyl (C=O) groups excluding carboxylic acids is 1. The summed E-state index contributed by atoms with van der Waals surface area (Å²) in [5.41, 5.74) is 2.67. The number of nitrogens with one attached hydrogen (secondary N) is 1. The Hall–Kier alpha value is -3.26. The van der Waals surface area contributed by atoms with Crippen LogP contribution in [0.5, 0.6) is 0 Å². The van der Waals surface area contributed by atoms with Crippen LogP contribution < -0.4 is 5.32 Å². The highest BCUT2D eigenvalue weighted by Crippen LogP contribution is 2.40. The third kappa shape index (κ3) is 4.10. The number of aromatic nitrogens is 1. The third-order valence-corrected chi connectivity index (χ3v) is 7.23. The summed E-state index contributed by atoms with van der Waals surface area (Å²) in [5, 5.41) is 3.63. The summed E-state index contributed by atoms with van der Waals surface area (Å²) < 4.78 is 29.6. The lowest BCUT2D eigenvalue weighted by atomic mass is 10.1. The van der Waals surface area contributed by atoms with Gasteiger partial charge >= 0.3 is 0 Å². The van der Waals surface area contributed by atoms with Crippen molar-refractivity contribution in [3.8, 4) is 0 Å². The van der Waals surface area contributed by atoms with Gasteiger partial charge in [0.2, 0.25) is 0 Å². The number of para-hydroxylation sites is 1. The number of amides is 1. The van der Waals surface area contributed by atoms with Crippen molar-refractivity contribution < 1.29 is 13.2 Å². The minimum atomic E-state index is -3.86. The van der Waals surface area contributed by atoms with E-state index in [0.717, 1.165) is 42.4 Å². The maximum absolute atomic E-state index is 13.2. The Balaban J connectivity index is 1.45. The van der Waals surface area contributed by atoms with Gasteiger partial charge in [-0.05, 0) is 49.6 Å². The summed E-state index contributed by atoms with van der Waals surface area (Å²) in [6.07, 6.45) is 3.71. The van der Waals surface area contributed by atoms with Gasteiger partial charge < -0.3 is 10.2 Å². The summed E-state index contributed by atoms with van der Waals surface area (Å²) >= 11 is 0. The minimum absolute atomic E-state index is 0.0568. The summed E-state index contributed by atoms with van der Waals surface area (Å²) in [5.74, 6) is 0.685. The van der Waals surface area contributed by atoms with Crippen molar-refractivity contribution in [1.29, 1.82) is 0 Å². The fourth-order valence-corrected chi connectivity index (χ4v) is 5.15. The van der Waals surface area contributed by atoms with E-state index < -0.39 is 10.0 Å². The second kappa shape index (κ2) is 8.02. The predicted octanol–water partition coefficient (Wildman–Crippen LogP) is 4.18.